The van der Waals surface area contributed by atoms with E-state index in [1.54, 1.807) is 54.6 Å². The first-order chi connectivity index (χ1) is 16.7. The first kappa shape index (κ1) is 27.2. The van der Waals surface area contributed by atoms with Crippen molar-refractivity contribution in [1.29, 1.82) is 0 Å². The van der Waals surface area contributed by atoms with E-state index in [1.165, 1.54) is 13.1 Å². The number of nitro groups is 1. The number of carbonyl (C=O) groups is 2. The van der Waals surface area contributed by atoms with Gasteiger partial charge in [-0.15, -0.1) is 0 Å². The number of hydrogen-bond acceptors (Lipinski definition) is 5. The highest BCUT2D eigenvalue weighted by molar-refractivity contribution is 9.11. The van der Waals surface area contributed by atoms with Crippen molar-refractivity contribution in [3.63, 3.8) is 0 Å². The summed E-state index contributed by atoms with van der Waals surface area (Å²) in [6.45, 7) is 5.63. The van der Waals surface area contributed by atoms with E-state index in [9.17, 15) is 19.7 Å². The minimum absolute atomic E-state index is 0.0304. The third kappa shape index (κ3) is 8.04. The quantitative estimate of drug-likeness (QED) is 0.136. The van der Waals surface area contributed by atoms with Gasteiger partial charge in [0.25, 0.3) is 11.6 Å². The van der Waals surface area contributed by atoms with Crippen LogP contribution in [0.2, 0.25) is 0 Å². The number of benzene rings is 2. The highest BCUT2D eigenvalue weighted by Crippen LogP contribution is 2.29. The molecule has 9 nitrogen and oxygen atoms in total. The maximum Gasteiger partial charge on any atom is 0.277 e. The van der Waals surface area contributed by atoms with Crippen molar-refractivity contribution in [2.75, 3.05) is 7.05 Å². The lowest BCUT2D eigenvalue weighted by atomic mass is 10.0. The number of nitro benzene ring substituents is 1. The predicted octanol–water partition coefficient (Wildman–Crippen LogP) is 4.22. The molecule has 0 radical (unpaired) electrons. The molecule has 4 N–H and O–H groups in total. The molecule has 2 aromatic rings. The second-order valence-corrected chi connectivity index (χ2v) is 8.23. The van der Waals surface area contributed by atoms with Crippen molar-refractivity contribution < 1.29 is 14.5 Å². The number of carbonyl (C=O) groups excluding carboxylic acids is 2. The Morgan fingerprint density at radius 1 is 1.20 bits per heavy atom. The molecule has 0 aliphatic carbocycles. The summed E-state index contributed by atoms with van der Waals surface area (Å²) in [5.74, 6) is -0.790. The third-order valence-corrected chi connectivity index (χ3v) is 5.61. The number of amides is 2. The predicted molar refractivity (Wildman–Crippen MR) is 141 cm³/mol. The number of rotatable bonds is 10. The molecule has 0 saturated carbocycles. The van der Waals surface area contributed by atoms with E-state index >= 15 is 0 Å². The molecule has 0 aliphatic rings. The smallest absolute Gasteiger partial charge is 0.277 e. The first-order valence-corrected chi connectivity index (χ1v) is 11.3. The molecule has 35 heavy (non-hydrogen) atoms. The van der Waals surface area contributed by atoms with Crippen LogP contribution < -0.4 is 16.4 Å². The molecule has 0 fully saturated rings. The van der Waals surface area contributed by atoms with Gasteiger partial charge in [0.05, 0.1) is 22.9 Å². The fourth-order valence-electron chi connectivity index (χ4n) is 3.04. The number of hydrogen-bond donors (Lipinski definition) is 3. The van der Waals surface area contributed by atoms with Gasteiger partial charge < -0.3 is 16.4 Å². The minimum atomic E-state index is -0.846. The van der Waals surface area contributed by atoms with E-state index in [1.807, 2.05) is 13.0 Å². The van der Waals surface area contributed by atoms with Gasteiger partial charge in [0.1, 0.15) is 5.84 Å². The molecule has 1 unspecified atom stereocenters. The Kier molecular flexibility index (Phi) is 10.1. The zero-order chi connectivity index (χ0) is 26.0. The Labute approximate surface area is 211 Å². The highest BCUT2D eigenvalue weighted by atomic mass is 79.9. The Morgan fingerprint density at radius 2 is 1.86 bits per heavy atom. The maximum atomic E-state index is 12.8. The summed E-state index contributed by atoms with van der Waals surface area (Å²) in [7, 11) is 1.46. The molecule has 10 heteroatoms. The summed E-state index contributed by atoms with van der Waals surface area (Å²) in [6, 6.07) is 11.8. The average molecular weight is 540 g/mol. The van der Waals surface area contributed by atoms with E-state index in [-0.39, 0.29) is 17.9 Å². The van der Waals surface area contributed by atoms with Gasteiger partial charge in [0.15, 0.2) is 0 Å². The van der Waals surface area contributed by atoms with Crippen LogP contribution in [0.1, 0.15) is 23.7 Å². The van der Waals surface area contributed by atoms with Gasteiger partial charge >= 0.3 is 0 Å². The van der Waals surface area contributed by atoms with Gasteiger partial charge in [-0.1, -0.05) is 52.9 Å². The van der Waals surface area contributed by atoms with Crippen molar-refractivity contribution >= 4 is 39.3 Å². The number of nitrogens with two attached hydrogens (primary N) is 1. The summed E-state index contributed by atoms with van der Waals surface area (Å²) in [5, 5.41) is 16.6. The normalized spacial score (nSPS) is 12.8. The van der Waals surface area contributed by atoms with Crippen LogP contribution in [0.4, 0.5) is 5.69 Å². The topological polar surface area (TPSA) is 140 Å². The number of nitrogens with zero attached hydrogens (tertiary/aromatic N) is 2. The minimum Gasteiger partial charge on any atom is -0.386 e. The third-order valence-electron chi connectivity index (χ3n) is 4.89. The fraction of sp³-hybridized carbons (Fsp3) is 0.160. The average Bonchev–Trinajstić information content (AvgIpc) is 2.86. The van der Waals surface area contributed by atoms with Crippen LogP contribution >= 0.6 is 15.9 Å². The number of allylic oxidation sites excluding steroid dienone is 4. The molecule has 0 aliphatic heterocycles. The van der Waals surface area contributed by atoms with Crippen molar-refractivity contribution in [2.24, 2.45) is 10.7 Å². The van der Waals surface area contributed by atoms with E-state index in [2.05, 4.69) is 38.1 Å². The second-order valence-electron chi connectivity index (χ2n) is 7.31. The molecule has 2 aromatic carbocycles. The van der Waals surface area contributed by atoms with Crippen LogP contribution in [-0.2, 0) is 4.79 Å². The Balaban J connectivity index is 2.11. The van der Waals surface area contributed by atoms with Crippen LogP contribution in [-0.4, -0.2) is 35.7 Å². The molecule has 1 atom stereocenters. The number of nitrogens with one attached hydrogen (secondary N) is 2. The van der Waals surface area contributed by atoms with Gasteiger partial charge in [-0.3, -0.25) is 24.7 Å². The van der Waals surface area contributed by atoms with Crippen molar-refractivity contribution in [3.8, 4) is 11.1 Å². The number of para-hydroxylation sites is 1. The summed E-state index contributed by atoms with van der Waals surface area (Å²) >= 11 is 3.33. The zero-order valence-electron chi connectivity index (χ0n) is 19.3. The van der Waals surface area contributed by atoms with E-state index < -0.39 is 22.8 Å². The van der Waals surface area contributed by atoms with Gasteiger partial charge in [-0.05, 0) is 42.8 Å². The van der Waals surface area contributed by atoms with Crippen LogP contribution in [0.15, 0.2) is 88.5 Å². The lowest BCUT2D eigenvalue weighted by molar-refractivity contribution is -0.384. The molecular formula is C25H26BrN5O4. The molecule has 0 saturated heterocycles. The second kappa shape index (κ2) is 13.0. The fourth-order valence-corrected chi connectivity index (χ4v) is 3.17. The summed E-state index contributed by atoms with van der Waals surface area (Å²) < 4.78 is 0.827. The lowest BCUT2D eigenvalue weighted by Crippen LogP contribution is -2.47. The Hall–Kier alpha value is -4.05. The molecule has 0 aromatic heterocycles. The van der Waals surface area contributed by atoms with Crippen LogP contribution in [0.5, 0.6) is 0 Å². The zero-order valence-corrected chi connectivity index (χ0v) is 20.9. The Morgan fingerprint density at radius 3 is 2.46 bits per heavy atom. The lowest BCUT2D eigenvalue weighted by Gasteiger charge is -2.18. The van der Waals surface area contributed by atoms with Crippen LogP contribution in [0, 0.1) is 10.1 Å². The van der Waals surface area contributed by atoms with Crippen molar-refractivity contribution in [1.82, 2.24) is 10.6 Å². The number of halogens is 1. The molecule has 0 spiro atoms. The van der Waals surface area contributed by atoms with E-state index in [0.717, 1.165) is 4.48 Å². The molecule has 2 rings (SSSR count). The van der Waals surface area contributed by atoms with Crippen LogP contribution in [0.3, 0.4) is 0 Å². The van der Waals surface area contributed by atoms with Crippen molar-refractivity contribution in [2.45, 2.75) is 19.4 Å². The molecule has 0 heterocycles. The summed E-state index contributed by atoms with van der Waals surface area (Å²) in [5.41, 5.74) is 7.60. The first-order valence-electron chi connectivity index (χ1n) is 10.5. The monoisotopic (exact) mass is 539 g/mol. The summed E-state index contributed by atoms with van der Waals surface area (Å²) in [4.78, 5) is 40.0. The molecule has 2 amide bonds. The molecular weight excluding hydrogens is 514 g/mol. The van der Waals surface area contributed by atoms with Gasteiger partial charge in [0.2, 0.25) is 5.91 Å². The van der Waals surface area contributed by atoms with E-state index in [4.69, 9.17) is 5.73 Å². The SMILES string of the molecule is C=C(/C=C\C(Br)=C/C)NC(=O)CC(NC(=O)c1ccc(-c2ccccc2[N+](=O)[O-])cc1)C(N)=NC. The largest absolute Gasteiger partial charge is 0.386 e. The molecule has 0 bridgehead atoms. The number of amidine groups is 1. The standard InChI is InChI=1S/C25H26BrN5O4/c1-4-19(26)14-9-16(2)29-23(32)15-21(24(27)28-3)30-25(33)18-12-10-17(11-13-18)20-7-5-6-8-22(20)31(34)35/h4-14,21H,2,15H2,1,3H3,(H2,27,28)(H,29,32)(H,30,33)/b14-9-,19-4+. The van der Waals surface area contributed by atoms with Gasteiger partial charge in [-0.25, -0.2) is 0 Å². The number of aliphatic imine (C=N–C) groups is 1. The maximum absolute atomic E-state index is 12.8. The van der Waals surface area contributed by atoms with Crippen molar-refractivity contribution in [3.05, 3.63) is 99.2 Å². The van der Waals surface area contributed by atoms with Gasteiger partial charge in [0, 0.05) is 28.9 Å². The molecule has 182 valence electrons. The van der Waals surface area contributed by atoms with Gasteiger partial charge in [-0.2, -0.15) is 0 Å². The Bertz CT molecular complexity index is 1200. The van der Waals surface area contributed by atoms with Crippen LogP contribution in [0.25, 0.3) is 11.1 Å². The van der Waals surface area contributed by atoms with E-state index in [0.29, 0.717) is 22.4 Å². The summed E-state index contributed by atoms with van der Waals surface area (Å²) in [6.07, 6.45) is 5.05. The highest BCUT2D eigenvalue weighted by Gasteiger charge is 2.21.